The van der Waals surface area contributed by atoms with Gasteiger partial charge in [-0.2, -0.15) is 0 Å². The highest BCUT2D eigenvalue weighted by molar-refractivity contribution is 5.85. The molecule has 6 aliphatic rings. The van der Waals surface area contributed by atoms with Crippen molar-refractivity contribution in [3.63, 3.8) is 0 Å². The van der Waals surface area contributed by atoms with Crippen LogP contribution in [0.5, 0.6) is 0 Å². The molecule has 1 N–H and O–H groups in total. The summed E-state index contributed by atoms with van der Waals surface area (Å²) in [6.07, 6.45) is 17.0. The van der Waals surface area contributed by atoms with Crippen LogP contribution < -0.4 is 0 Å². The van der Waals surface area contributed by atoms with Crippen molar-refractivity contribution in [3.8, 4) is 0 Å². The molecule has 5 heteroatoms. The van der Waals surface area contributed by atoms with E-state index in [1.54, 1.807) is 6.08 Å². The summed E-state index contributed by atoms with van der Waals surface area (Å²) in [5.41, 5.74) is 0.616. The van der Waals surface area contributed by atoms with Gasteiger partial charge in [-0.1, -0.05) is 26.0 Å². The molecule has 0 aromatic rings. The summed E-state index contributed by atoms with van der Waals surface area (Å²) < 4.78 is 17.7. The van der Waals surface area contributed by atoms with Gasteiger partial charge in [0.15, 0.2) is 6.29 Å². The molecule has 6 rings (SSSR count). The molecule has 0 radical (unpaired) electrons. The average molecular weight is 471 g/mol. The van der Waals surface area contributed by atoms with Gasteiger partial charge in [0.1, 0.15) is 6.61 Å². The zero-order valence-electron chi connectivity index (χ0n) is 21.1. The van der Waals surface area contributed by atoms with Gasteiger partial charge < -0.3 is 19.3 Å². The van der Waals surface area contributed by atoms with Crippen LogP contribution in [0.4, 0.5) is 0 Å². The first kappa shape index (κ1) is 23.2. The fourth-order valence-electron chi connectivity index (χ4n) is 9.52. The van der Waals surface area contributed by atoms with Gasteiger partial charge in [-0.15, -0.1) is 0 Å². The molecule has 5 nitrogen and oxygen atoms in total. The quantitative estimate of drug-likeness (QED) is 0.447. The molecule has 188 valence electrons. The van der Waals surface area contributed by atoms with Crippen LogP contribution in [0.25, 0.3) is 0 Å². The first-order chi connectivity index (χ1) is 16.2. The summed E-state index contributed by atoms with van der Waals surface area (Å²) in [6.45, 7) is 7.33. The van der Waals surface area contributed by atoms with Crippen molar-refractivity contribution < 1.29 is 24.1 Å². The van der Waals surface area contributed by atoms with E-state index in [2.05, 4.69) is 32.9 Å². The summed E-state index contributed by atoms with van der Waals surface area (Å²) in [5, 5.41) is 12.4. The molecule has 0 unspecified atom stereocenters. The molecular formula is C29H42O5. The van der Waals surface area contributed by atoms with Gasteiger partial charge in [0.05, 0.1) is 17.8 Å². The van der Waals surface area contributed by atoms with Crippen molar-refractivity contribution in [2.45, 2.75) is 109 Å². The Kier molecular flexibility index (Phi) is 5.59. The molecule has 4 aliphatic carbocycles. The van der Waals surface area contributed by atoms with Gasteiger partial charge in [0.25, 0.3) is 0 Å². The summed E-state index contributed by atoms with van der Waals surface area (Å²) in [4.78, 5) is 11.8. The Morgan fingerprint density at radius 3 is 2.68 bits per heavy atom. The van der Waals surface area contributed by atoms with Gasteiger partial charge in [-0.25, -0.2) is 4.79 Å². The molecule has 0 amide bonds. The fourth-order valence-corrected chi connectivity index (χ4v) is 9.52. The SMILES string of the molecule is C[C@@H]1C=CC[C@H](O[C@H]2CC[C@@]3(C)[C@H](CC[C@@H]4[C@@H]3CC[C@]3(C)[C@@H](C5=CC(=O)OC5)CC[C@]43O)C2)O1. The van der Waals surface area contributed by atoms with Crippen molar-refractivity contribution in [1.29, 1.82) is 0 Å². The highest BCUT2D eigenvalue weighted by atomic mass is 16.7. The minimum Gasteiger partial charge on any atom is -0.458 e. The lowest BCUT2D eigenvalue weighted by Gasteiger charge is -2.63. The number of esters is 1. The molecule has 4 fully saturated rings. The number of fused-ring (bicyclic) bond motifs is 5. The molecule has 2 heterocycles. The Morgan fingerprint density at radius 2 is 1.91 bits per heavy atom. The number of carbonyl (C=O) groups excluding carboxylic acids is 1. The van der Waals surface area contributed by atoms with E-state index >= 15 is 0 Å². The molecule has 0 bridgehead atoms. The number of aliphatic hydroxyl groups is 1. The third kappa shape index (κ3) is 3.40. The van der Waals surface area contributed by atoms with Crippen molar-refractivity contribution in [2.75, 3.05) is 6.61 Å². The van der Waals surface area contributed by atoms with Crippen LogP contribution in [-0.2, 0) is 19.0 Å². The van der Waals surface area contributed by atoms with Crippen molar-refractivity contribution in [2.24, 2.45) is 34.5 Å². The Hall–Kier alpha value is -1.17. The van der Waals surface area contributed by atoms with E-state index in [-0.39, 0.29) is 41.2 Å². The molecule has 2 aliphatic heterocycles. The predicted octanol–water partition coefficient (Wildman–Crippen LogP) is 5.32. The number of carbonyl (C=O) groups is 1. The molecule has 0 spiro atoms. The van der Waals surface area contributed by atoms with E-state index in [0.29, 0.717) is 24.4 Å². The van der Waals surface area contributed by atoms with Gasteiger partial charge in [0, 0.05) is 17.9 Å². The molecule has 4 saturated carbocycles. The maximum Gasteiger partial charge on any atom is 0.331 e. The zero-order chi connectivity index (χ0) is 23.7. The summed E-state index contributed by atoms with van der Waals surface area (Å²) in [6, 6.07) is 0. The second kappa shape index (κ2) is 8.18. The third-order valence-electron chi connectivity index (χ3n) is 11.4. The third-order valence-corrected chi connectivity index (χ3v) is 11.4. The fraction of sp³-hybridized carbons (Fsp3) is 0.828. The predicted molar refractivity (Wildman–Crippen MR) is 129 cm³/mol. The van der Waals surface area contributed by atoms with E-state index in [1.807, 2.05) is 0 Å². The van der Waals surface area contributed by atoms with Crippen LogP contribution in [0, 0.1) is 34.5 Å². The first-order valence-corrected chi connectivity index (χ1v) is 13.8. The number of hydrogen-bond acceptors (Lipinski definition) is 5. The number of cyclic esters (lactones) is 1. The smallest absolute Gasteiger partial charge is 0.331 e. The van der Waals surface area contributed by atoms with Crippen LogP contribution in [0.2, 0.25) is 0 Å². The summed E-state index contributed by atoms with van der Waals surface area (Å²) in [7, 11) is 0. The lowest BCUT2D eigenvalue weighted by atomic mass is 9.43. The van der Waals surface area contributed by atoms with Gasteiger partial charge in [-0.3, -0.25) is 0 Å². The number of ether oxygens (including phenoxy) is 3. The second-order valence-electron chi connectivity index (χ2n) is 12.8. The number of hydrogen-bond donors (Lipinski definition) is 1. The lowest BCUT2D eigenvalue weighted by Crippen LogP contribution is -2.62. The van der Waals surface area contributed by atoms with Crippen molar-refractivity contribution in [1.82, 2.24) is 0 Å². The van der Waals surface area contributed by atoms with E-state index in [9.17, 15) is 9.90 Å². The first-order valence-electron chi connectivity index (χ1n) is 13.8. The summed E-state index contributed by atoms with van der Waals surface area (Å²) >= 11 is 0. The molecule has 0 aromatic carbocycles. The standard InChI is InChI=1S/C29H42O5/c1-18-5-4-6-26(33-18)34-21-9-12-27(2)20(16-21)7-8-24-23(27)10-13-28(3)22(11-14-29(24,28)31)19-15-25(30)32-17-19/h4-5,15,18,20-24,26,31H,6-14,16-17H2,1-3H3/t18-,20-,21+,22-,23+,24-,26+,27+,28-,29+/m1/s1. The molecule has 10 atom stereocenters. The monoisotopic (exact) mass is 470 g/mol. The Bertz CT molecular complexity index is 895. The highest BCUT2D eigenvalue weighted by Crippen LogP contribution is 2.70. The van der Waals surface area contributed by atoms with Crippen LogP contribution in [-0.4, -0.2) is 41.8 Å². The average Bonchev–Trinajstić information content (AvgIpc) is 3.34. The van der Waals surface area contributed by atoms with E-state index < -0.39 is 5.60 Å². The van der Waals surface area contributed by atoms with Gasteiger partial charge in [0.2, 0.25) is 0 Å². The maximum absolute atomic E-state index is 12.4. The van der Waals surface area contributed by atoms with E-state index in [4.69, 9.17) is 14.2 Å². The molecule has 0 saturated heterocycles. The molecular weight excluding hydrogens is 428 g/mol. The summed E-state index contributed by atoms with van der Waals surface area (Å²) in [5.74, 6) is 1.66. The van der Waals surface area contributed by atoms with Crippen molar-refractivity contribution in [3.05, 3.63) is 23.8 Å². The van der Waals surface area contributed by atoms with Crippen LogP contribution in [0.1, 0.15) is 85.0 Å². The second-order valence-corrected chi connectivity index (χ2v) is 12.8. The normalized spacial score (nSPS) is 52.4. The minimum atomic E-state index is -0.632. The van der Waals surface area contributed by atoms with E-state index in [0.717, 1.165) is 50.5 Å². The Balaban J connectivity index is 1.18. The zero-order valence-corrected chi connectivity index (χ0v) is 21.1. The van der Waals surface area contributed by atoms with Gasteiger partial charge >= 0.3 is 5.97 Å². The highest BCUT2D eigenvalue weighted by Gasteiger charge is 2.67. The van der Waals surface area contributed by atoms with Gasteiger partial charge in [-0.05, 0) is 99.4 Å². The van der Waals surface area contributed by atoms with E-state index in [1.165, 1.54) is 19.3 Å². The topological polar surface area (TPSA) is 65.0 Å². The molecule has 0 aromatic heterocycles. The van der Waals surface area contributed by atoms with Crippen LogP contribution in [0.3, 0.4) is 0 Å². The Morgan fingerprint density at radius 1 is 1.06 bits per heavy atom. The van der Waals surface area contributed by atoms with Crippen LogP contribution >= 0.6 is 0 Å². The van der Waals surface area contributed by atoms with Crippen LogP contribution in [0.15, 0.2) is 23.8 Å². The molecule has 34 heavy (non-hydrogen) atoms. The van der Waals surface area contributed by atoms with Crippen molar-refractivity contribution >= 4 is 5.97 Å². The minimum absolute atomic E-state index is 0.0991. The maximum atomic E-state index is 12.4. The number of rotatable bonds is 3. The Labute approximate surface area is 204 Å². The largest absolute Gasteiger partial charge is 0.458 e. The lowest BCUT2D eigenvalue weighted by molar-refractivity contribution is -0.228.